The van der Waals surface area contributed by atoms with Gasteiger partial charge in [-0.2, -0.15) is 0 Å². The lowest BCUT2D eigenvalue weighted by Crippen LogP contribution is -2.30. The quantitative estimate of drug-likeness (QED) is 0.835. The standard InChI is InChI=1S/C10H14O.C4H9NO/c1-2-9-3-5-10(6-4-9)7-8-11;1-3-6-4-2-5-1/h3-6,11H,2,7-8H2,1H3;5H,1-4H2. The summed E-state index contributed by atoms with van der Waals surface area (Å²) >= 11 is 0. The van der Waals surface area contributed by atoms with E-state index in [1.807, 2.05) is 0 Å². The summed E-state index contributed by atoms with van der Waals surface area (Å²) in [6.07, 6.45) is 1.85. The van der Waals surface area contributed by atoms with Crippen molar-refractivity contribution in [1.29, 1.82) is 0 Å². The molecule has 1 aliphatic heterocycles. The molecule has 3 nitrogen and oxygen atoms in total. The summed E-state index contributed by atoms with van der Waals surface area (Å²) < 4.78 is 5.01. The molecule has 1 fully saturated rings. The maximum atomic E-state index is 8.65. The number of hydrogen-bond donors (Lipinski definition) is 2. The summed E-state index contributed by atoms with van der Waals surface area (Å²) in [6.45, 7) is 6.21. The van der Waals surface area contributed by atoms with Gasteiger partial charge in [-0.1, -0.05) is 31.2 Å². The molecule has 3 heteroatoms. The first-order chi connectivity index (χ1) is 8.36. The van der Waals surface area contributed by atoms with Crippen LogP contribution in [0.15, 0.2) is 24.3 Å². The highest BCUT2D eigenvalue weighted by Gasteiger charge is 1.93. The Kier molecular flexibility index (Phi) is 7.63. The predicted octanol–water partition coefficient (Wildman–Crippen LogP) is 1.39. The number of aryl methyl sites for hydroxylation is 1. The smallest absolute Gasteiger partial charge is 0.0591 e. The minimum Gasteiger partial charge on any atom is -0.396 e. The molecule has 2 rings (SSSR count). The van der Waals surface area contributed by atoms with Crippen LogP contribution in [0.5, 0.6) is 0 Å². The van der Waals surface area contributed by atoms with E-state index in [0.29, 0.717) is 0 Å². The Morgan fingerprint density at radius 1 is 1.12 bits per heavy atom. The second-order valence-corrected chi connectivity index (χ2v) is 4.01. The van der Waals surface area contributed by atoms with Crippen LogP contribution in [0, 0.1) is 0 Å². The number of nitrogens with one attached hydrogen (secondary N) is 1. The third-order valence-electron chi connectivity index (χ3n) is 2.68. The first-order valence-electron chi connectivity index (χ1n) is 6.34. The van der Waals surface area contributed by atoms with Crippen molar-refractivity contribution in [3.05, 3.63) is 35.4 Å². The summed E-state index contributed by atoms with van der Waals surface area (Å²) in [4.78, 5) is 0. The zero-order chi connectivity index (χ0) is 12.3. The van der Waals surface area contributed by atoms with Gasteiger partial charge in [-0.25, -0.2) is 0 Å². The fourth-order valence-electron chi connectivity index (χ4n) is 1.59. The van der Waals surface area contributed by atoms with Crippen molar-refractivity contribution in [1.82, 2.24) is 5.32 Å². The Morgan fingerprint density at radius 3 is 2.06 bits per heavy atom. The summed E-state index contributed by atoms with van der Waals surface area (Å²) in [7, 11) is 0. The Bertz CT molecular complexity index is 269. The van der Waals surface area contributed by atoms with E-state index < -0.39 is 0 Å². The van der Waals surface area contributed by atoms with Crippen LogP contribution in [0.25, 0.3) is 0 Å². The Labute approximate surface area is 104 Å². The van der Waals surface area contributed by atoms with E-state index in [1.54, 1.807) is 0 Å². The van der Waals surface area contributed by atoms with Crippen molar-refractivity contribution in [3.8, 4) is 0 Å². The molecule has 0 spiro atoms. The van der Waals surface area contributed by atoms with Gasteiger partial charge in [-0.15, -0.1) is 0 Å². The van der Waals surface area contributed by atoms with Gasteiger partial charge in [0, 0.05) is 19.7 Å². The third-order valence-corrected chi connectivity index (χ3v) is 2.68. The highest BCUT2D eigenvalue weighted by Crippen LogP contribution is 2.04. The van der Waals surface area contributed by atoms with Crippen LogP contribution >= 0.6 is 0 Å². The number of morpholine rings is 1. The van der Waals surface area contributed by atoms with Crippen LogP contribution < -0.4 is 5.32 Å². The van der Waals surface area contributed by atoms with Gasteiger partial charge in [0.15, 0.2) is 0 Å². The summed E-state index contributed by atoms with van der Waals surface area (Å²) in [5.41, 5.74) is 2.57. The molecule has 0 unspecified atom stereocenters. The summed E-state index contributed by atoms with van der Waals surface area (Å²) in [5, 5.41) is 11.8. The molecule has 1 aromatic carbocycles. The van der Waals surface area contributed by atoms with Crippen molar-refractivity contribution in [2.24, 2.45) is 0 Å². The molecule has 0 radical (unpaired) electrons. The predicted molar refractivity (Wildman–Crippen MR) is 70.3 cm³/mol. The molecular formula is C14H23NO2. The third kappa shape index (κ3) is 6.41. The lowest BCUT2D eigenvalue weighted by atomic mass is 10.1. The molecule has 0 amide bonds. The van der Waals surface area contributed by atoms with Crippen LogP contribution in [-0.4, -0.2) is 38.0 Å². The molecule has 96 valence electrons. The van der Waals surface area contributed by atoms with E-state index in [0.717, 1.165) is 39.1 Å². The van der Waals surface area contributed by atoms with Crippen molar-refractivity contribution in [3.63, 3.8) is 0 Å². The van der Waals surface area contributed by atoms with Gasteiger partial charge >= 0.3 is 0 Å². The number of benzene rings is 1. The van der Waals surface area contributed by atoms with Gasteiger partial charge in [0.2, 0.25) is 0 Å². The Hall–Kier alpha value is -0.900. The molecule has 1 aromatic rings. The molecule has 0 bridgehead atoms. The normalized spacial score (nSPS) is 14.9. The van der Waals surface area contributed by atoms with E-state index in [-0.39, 0.29) is 6.61 Å². The maximum Gasteiger partial charge on any atom is 0.0591 e. The average Bonchev–Trinajstić information content (AvgIpc) is 2.43. The topological polar surface area (TPSA) is 41.5 Å². The van der Waals surface area contributed by atoms with E-state index in [9.17, 15) is 0 Å². The van der Waals surface area contributed by atoms with Crippen LogP contribution in [-0.2, 0) is 17.6 Å². The zero-order valence-electron chi connectivity index (χ0n) is 10.6. The largest absolute Gasteiger partial charge is 0.396 e. The first-order valence-corrected chi connectivity index (χ1v) is 6.34. The highest BCUT2D eigenvalue weighted by molar-refractivity contribution is 5.22. The highest BCUT2D eigenvalue weighted by atomic mass is 16.5. The van der Waals surface area contributed by atoms with Crippen LogP contribution in [0.3, 0.4) is 0 Å². The van der Waals surface area contributed by atoms with Gasteiger partial charge in [-0.05, 0) is 24.0 Å². The van der Waals surface area contributed by atoms with Crippen LogP contribution in [0.1, 0.15) is 18.1 Å². The number of hydrogen-bond acceptors (Lipinski definition) is 3. The first kappa shape index (κ1) is 14.2. The number of ether oxygens (including phenoxy) is 1. The molecule has 1 aliphatic rings. The van der Waals surface area contributed by atoms with Gasteiger partial charge in [0.05, 0.1) is 13.2 Å². The average molecular weight is 237 g/mol. The Morgan fingerprint density at radius 2 is 1.71 bits per heavy atom. The van der Waals surface area contributed by atoms with E-state index in [1.165, 1.54) is 11.1 Å². The molecule has 0 saturated carbocycles. The molecule has 17 heavy (non-hydrogen) atoms. The molecule has 0 aromatic heterocycles. The number of rotatable bonds is 3. The van der Waals surface area contributed by atoms with E-state index >= 15 is 0 Å². The number of aliphatic hydroxyl groups excluding tert-OH is 1. The molecule has 0 atom stereocenters. The van der Waals surface area contributed by atoms with Crippen LogP contribution in [0.2, 0.25) is 0 Å². The van der Waals surface area contributed by atoms with Gasteiger partial charge < -0.3 is 15.2 Å². The molecule has 1 saturated heterocycles. The van der Waals surface area contributed by atoms with Crippen molar-refractivity contribution >= 4 is 0 Å². The molecular weight excluding hydrogens is 214 g/mol. The van der Waals surface area contributed by atoms with Gasteiger partial charge in [0.1, 0.15) is 0 Å². The second kappa shape index (κ2) is 9.16. The second-order valence-electron chi connectivity index (χ2n) is 4.01. The van der Waals surface area contributed by atoms with Gasteiger partial charge in [-0.3, -0.25) is 0 Å². The summed E-state index contributed by atoms with van der Waals surface area (Å²) in [5.74, 6) is 0. The molecule has 1 heterocycles. The fraction of sp³-hybridized carbons (Fsp3) is 0.571. The lowest BCUT2D eigenvalue weighted by molar-refractivity contribution is 0.109. The molecule has 2 N–H and O–H groups in total. The minimum atomic E-state index is 0.242. The Balaban J connectivity index is 0.000000202. The SMILES string of the molecule is C1COCCN1.CCc1ccc(CCO)cc1. The maximum absolute atomic E-state index is 8.65. The number of aliphatic hydroxyl groups is 1. The minimum absolute atomic E-state index is 0.242. The summed E-state index contributed by atoms with van der Waals surface area (Å²) in [6, 6.07) is 8.39. The zero-order valence-corrected chi connectivity index (χ0v) is 10.6. The lowest BCUT2D eigenvalue weighted by Gasteiger charge is -2.10. The van der Waals surface area contributed by atoms with E-state index in [2.05, 4.69) is 36.5 Å². The molecule has 0 aliphatic carbocycles. The van der Waals surface area contributed by atoms with Crippen molar-refractivity contribution in [2.75, 3.05) is 32.9 Å². The van der Waals surface area contributed by atoms with Crippen molar-refractivity contribution < 1.29 is 9.84 Å². The van der Waals surface area contributed by atoms with Crippen molar-refractivity contribution in [2.45, 2.75) is 19.8 Å². The van der Waals surface area contributed by atoms with Crippen LogP contribution in [0.4, 0.5) is 0 Å². The van der Waals surface area contributed by atoms with E-state index in [4.69, 9.17) is 9.84 Å². The monoisotopic (exact) mass is 237 g/mol. The fourth-order valence-corrected chi connectivity index (χ4v) is 1.59. The van der Waals surface area contributed by atoms with Gasteiger partial charge in [0.25, 0.3) is 0 Å².